The minimum absolute atomic E-state index is 0.364. The van der Waals surface area contributed by atoms with Crippen LogP contribution in [0.1, 0.15) is 17.5 Å². The highest BCUT2D eigenvalue weighted by Gasteiger charge is 2.54. The van der Waals surface area contributed by atoms with Gasteiger partial charge in [-0.15, -0.1) is 0 Å². The maximum Gasteiger partial charge on any atom is 0.244 e. The van der Waals surface area contributed by atoms with Gasteiger partial charge in [-0.05, 0) is 42.3 Å². The van der Waals surface area contributed by atoms with Gasteiger partial charge in [0.25, 0.3) is 0 Å². The normalized spacial score (nSPS) is 25.0. The molecule has 0 aromatic heterocycles. The fourth-order valence-electron chi connectivity index (χ4n) is 3.81. The first-order chi connectivity index (χ1) is 11.6. The largest absolute Gasteiger partial charge is 0.497 e. The Morgan fingerprint density at radius 2 is 1.92 bits per heavy atom. The van der Waals surface area contributed by atoms with Crippen LogP contribution in [0.25, 0.3) is 0 Å². The van der Waals surface area contributed by atoms with Crippen molar-refractivity contribution in [3.8, 4) is 5.75 Å². The molecule has 4 rings (SSSR count). The maximum absolute atomic E-state index is 13.1. The van der Waals surface area contributed by atoms with Crippen LogP contribution >= 0.6 is 0 Å². The predicted octanol–water partition coefficient (Wildman–Crippen LogP) is 2.09. The molecule has 1 atom stereocenters. The van der Waals surface area contributed by atoms with Crippen molar-refractivity contribution in [2.45, 2.75) is 23.4 Å². The van der Waals surface area contributed by atoms with Crippen molar-refractivity contribution in [2.75, 3.05) is 20.2 Å². The number of hydrogen-bond donors (Lipinski definition) is 1. The van der Waals surface area contributed by atoms with E-state index in [2.05, 4.69) is 5.32 Å². The van der Waals surface area contributed by atoms with E-state index >= 15 is 0 Å². The summed E-state index contributed by atoms with van der Waals surface area (Å²) in [6.45, 7) is 1.84. The number of methoxy groups -OCH3 is 1. The summed E-state index contributed by atoms with van der Waals surface area (Å²) in [4.78, 5) is 0.446. The quantitative estimate of drug-likeness (QED) is 0.926. The fraction of sp³-hybridized carbons (Fsp3) is 0.333. The van der Waals surface area contributed by atoms with Gasteiger partial charge in [0, 0.05) is 13.1 Å². The average Bonchev–Trinajstić information content (AvgIpc) is 3.16. The molecule has 0 amide bonds. The van der Waals surface area contributed by atoms with E-state index in [1.807, 2.05) is 36.4 Å². The molecule has 2 aliphatic heterocycles. The third kappa shape index (κ3) is 2.17. The Labute approximate surface area is 142 Å². The van der Waals surface area contributed by atoms with Gasteiger partial charge in [0.1, 0.15) is 5.75 Å². The summed E-state index contributed by atoms with van der Waals surface area (Å²) in [5.41, 5.74) is 1.40. The molecule has 2 aliphatic rings. The highest BCUT2D eigenvalue weighted by atomic mass is 32.2. The fourth-order valence-corrected chi connectivity index (χ4v) is 5.87. The Hall–Kier alpha value is -1.89. The molecule has 0 radical (unpaired) electrons. The van der Waals surface area contributed by atoms with Crippen molar-refractivity contribution in [3.05, 3.63) is 59.7 Å². The first-order valence-electron chi connectivity index (χ1n) is 8.04. The number of nitrogens with zero attached hydrogens (tertiary/aromatic N) is 1. The van der Waals surface area contributed by atoms with E-state index in [1.54, 1.807) is 23.5 Å². The molecule has 0 aliphatic carbocycles. The third-order valence-electron chi connectivity index (χ3n) is 5.05. The first-order valence-corrected chi connectivity index (χ1v) is 9.48. The lowest BCUT2D eigenvalue weighted by molar-refractivity contribution is 0.213. The van der Waals surface area contributed by atoms with Gasteiger partial charge < -0.3 is 10.1 Å². The van der Waals surface area contributed by atoms with Crippen molar-refractivity contribution in [3.63, 3.8) is 0 Å². The van der Waals surface area contributed by atoms with Crippen LogP contribution in [-0.2, 0) is 22.1 Å². The van der Waals surface area contributed by atoms with Crippen LogP contribution in [0.2, 0.25) is 0 Å². The monoisotopic (exact) mass is 344 g/mol. The summed E-state index contributed by atoms with van der Waals surface area (Å²) in [5.74, 6) is 0.767. The SMILES string of the molecule is COc1ccc(CN2[C@]3(CCNC3)c3ccccc3S2(=O)=O)cc1. The Kier molecular flexibility index (Phi) is 3.63. The van der Waals surface area contributed by atoms with Crippen LogP contribution in [0.5, 0.6) is 5.75 Å². The summed E-state index contributed by atoms with van der Waals surface area (Å²) in [6, 6.07) is 15.0. The molecule has 126 valence electrons. The topological polar surface area (TPSA) is 58.6 Å². The zero-order valence-corrected chi connectivity index (χ0v) is 14.3. The van der Waals surface area contributed by atoms with E-state index in [0.717, 1.165) is 29.8 Å². The second kappa shape index (κ2) is 5.58. The van der Waals surface area contributed by atoms with Crippen LogP contribution in [0.3, 0.4) is 0 Å². The molecule has 6 heteroatoms. The van der Waals surface area contributed by atoms with Gasteiger partial charge in [0.2, 0.25) is 10.0 Å². The number of hydrogen-bond acceptors (Lipinski definition) is 4. The molecule has 0 bridgehead atoms. The lowest BCUT2D eigenvalue weighted by atomic mass is 9.88. The second-order valence-electron chi connectivity index (χ2n) is 6.31. The molecule has 0 saturated carbocycles. The van der Waals surface area contributed by atoms with Gasteiger partial charge in [0.15, 0.2) is 0 Å². The third-order valence-corrected chi connectivity index (χ3v) is 7.02. The highest BCUT2D eigenvalue weighted by molar-refractivity contribution is 7.89. The van der Waals surface area contributed by atoms with E-state index in [-0.39, 0.29) is 0 Å². The summed E-state index contributed by atoms with van der Waals surface area (Å²) in [5, 5.41) is 3.34. The number of benzene rings is 2. The maximum atomic E-state index is 13.1. The molecule has 1 fully saturated rings. The zero-order chi connectivity index (χ0) is 16.8. The highest BCUT2D eigenvalue weighted by Crippen LogP contribution is 2.48. The van der Waals surface area contributed by atoms with E-state index in [9.17, 15) is 8.42 Å². The van der Waals surface area contributed by atoms with Gasteiger partial charge in [-0.3, -0.25) is 0 Å². The van der Waals surface area contributed by atoms with Crippen LogP contribution in [0.4, 0.5) is 0 Å². The first kappa shape index (κ1) is 15.6. The van der Waals surface area contributed by atoms with Crippen molar-refractivity contribution in [1.29, 1.82) is 0 Å². The molecule has 1 N–H and O–H groups in total. The number of nitrogens with one attached hydrogen (secondary N) is 1. The summed E-state index contributed by atoms with van der Waals surface area (Å²) in [7, 11) is -1.87. The molecule has 24 heavy (non-hydrogen) atoms. The van der Waals surface area contributed by atoms with Crippen molar-refractivity contribution < 1.29 is 13.2 Å². The minimum atomic E-state index is -3.49. The lowest BCUT2D eigenvalue weighted by Gasteiger charge is -2.33. The van der Waals surface area contributed by atoms with Crippen LogP contribution in [0, 0.1) is 0 Å². The van der Waals surface area contributed by atoms with Crippen molar-refractivity contribution in [2.24, 2.45) is 0 Å². The van der Waals surface area contributed by atoms with Gasteiger partial charge >= 0.3 is 0 Å². The molecule has 0 unspecified atom stereocenters. The zero-order valence-electron chi connectivity index (χ0n) is 13.5. The van der Waals surface area contributed by atoms with E-state index in [1.165, 1.54) is 0 Å². The Balaban J connectivity index is 1.78. The Morgan fingerprint density at radius 3 is 2.58 bits per heavy atom. The van der Waals surface area contributed by atoms with E-state index in [4.69, 9.17) is 4.74 Å². The van der Waals surface area contributed by atoms with Crippen LogP contribution < -0.4 is 10.1 Å². The van der Waals surface area contributed by atoms with Crippen molar-refractivity contribution >= 4 is 10.0 Å². The van der Waals surface area contributed by atoms with E-state index in [0.29, 0.717) is 18.0 Å². The van der Waals surface area contributed by atoms with E-state index < -0.39 is 15.6 Å². The predicted molar refractivity (Wildman–Crippen MR) is 91.3 cm³/mol. The molecule has 5 nitrogen and oxygen atoms in total. The van der Waals surface area contributed by atoms with Gasteiger partial charge in [-0.25, -0.2) is 8.42 Å². The molecule has 1 spiro atoms. The van der Waals surface area contributed by atoms with Gasteiger partial charge in [-0.2, -0.15) is 4.31 Å². The molecule has 1 saturated heterocycles. The molecular weight excluding hydrogens is 324 g/mol. The van der Waals surface area contributed by atoms with Gasteiger partial charge in [-0.1, -0.05) is 30.3 Å². The lowest BCUT2D eigenvalue weighted by Crippen LogP contribution is -2.44. The number of ether oxygens (including phenoxy) is 1. The number of rotatable bonds is 3. The molecule has 2 aromatic carbocycles. The van der Waals surface area contributed by atoms with Crippen LogP contribution in [-0.4, -0.2) is 32.9 Å². The smallest absolute Gasteiger partial charge is 0.244 e. The summed E-state index contributed by atoms with van der Waals surface area (Å²) in [6.07, 6.45) is 0.791. The molecule has 2 aromatic rings. The van der Waals surface area contributed by atoms with Crippen molar-refractivity contribution in [1.82, 2.24) is 9.62 Å². The summed E-state index contributed by atoms with van der Waals surface area (Å²) < 4.78 is 33.1. The average molecular weight is 344 g/mol. The van der Waals surface area contributed by atoms with Gasteiger partial charge in [0.05, 0.1) is 17.5 Å². The second-order valence-corrected chi connectivity index (χ2v) is 8.15. The summed E-state index contributed by atoms with van der Waals surface area (Å²) >= 11 is 0. The molecule has 2 heterocycles. The molecular formula is C18H20N2O3S. The van der Waals surface area contributed by atoms with Crippen LogP contribution in [0.15, 0.2) is 53.4 Å². The number of fused-ring (bicyclic) bond motifs is 2. The Bertz CT molecular complexity index is 856. The number of sulfonamides is 1. The standard InChI is InChI=1S/C18H20N2O3S/c1-23-15-8-6-14(7-9-15)12-20-18(10-11-19-13-18)16-4-2-3-5-17(16)24(20,21)22/h2-9,19H,10-13H2,1H3/t18-/m0/s1. The Morgan fingerprint density at radius 1 is 1.17 bits per heavy atom. The minimum Gasteiger partial charge on any atom is -0.497 e.